The Morgan fingerprint density at radius 1 is 1.05 bits per heavy atom. The van der Waals surface area contributed by atoms with Gasteiger partial charge in [0.25, 0.3) is 0 Å². The van der Waals surface area contributed by atoms with Crippen LogP contribution in [-0.2, 0) is 6.54 Å². The number of nitrogens with one attached hydrogen (secondary N) is 3. The largest absolute Gasteiger partial charge is 0.361 e. The summed E-state index contributed by atoms with van der Waals surface area (Å²) in [5, 5.41) is 18.0. The van der Waals surface area contributed by atoms with E-state index >= 15 is 0 Å². The lowest BCUT2D eigenvalue weighted by atomic mass is 10.1. The molecule has 1 aromatic carbocycles. The molecule has 0 spiro atoms. The van der Waals surface area contributed by atoms with Gasteiger partial charge in [-0.1, -0.05) is 18.9 Å². The van der Waals surface area contributed by atoms with E-state index < -0.39 is 0 Å². The van der Waals surface area contributed by atoms with E-state index in [0.717, 1.165) is 64.4 Å². The lowest BCUT2D eigenvalue weighted by molar-refractivity contribution is 0.284. The summed E-state index contributed by atoms with van der Waals surface area (Å²) in [5.41, 5.74) is 7.12. The third-order valence-electron chi connectivity index (χ3n) is 7.23. The summed E-state index contributed by atoms with van der Waals surface area (Å²) in [4.78, 5) is 14.9. The minimum atomic E-state index is 0.496. The van der Waals surface area contributed by atoms with Gasteiger partial charge in [-0.05, 0) is 80.9 Å². The third kappa shape index (κ3) is 6.28. The number of hydrogen-bond acceptors (Lipinski definition) is 6. The van der Waals surface area contributed by atoms with Gasteiger partial charge in [0.2, 0.25) is 0 Å². The van der Waals surface area contributed by atoms with Gasteiger partial charge in [-0.25, -0.2) is 0 Å². The van der Waals surface area contributed by atoms with Crippen LogP contribution in [0.2, 0.25) is 0 Å². The Labute approximate surface area is 224 Å². The number of nitriles is 1. The molecule has 5 rings (SSSR count). The average molecular weight is 506 g/mol. The molecular formula is C31H35N7. The number of rotatable bonds is 9. The molecule has 4 heterocycles. The molecule has 0 bridgehead atoms. The second kappa shape index (κ2) is 12.5. The van der Waals surface area contributed by atoms with Crippen LogP contribution in [0.25, 0.3) is 23.1 Å². The molecule has 3 aromatic heterocycles. The molecule has 3 N–H and O–H groups in total. The molecule has 7 nitrogen and oxygen atoms in total. The number of fused-ring (bicyclic) bond motifs is 1. The minimum Gasteiger partial charge on any atom is -0.361 e. The van der Waals surface area contributed by atoms with Crippen molar-refractivity contribution in [3.05, 3.63) is 83.1 Å². The topological polar surface area (TPSA) is 92.7 Å². The number of H-pyrrole nitrogens is 1. The molecule has 1 aliphatic rings. The summed E-state index contributed by atoms with van der Waals surface area (Å²) in [6, 6.07) is 14.5. The molecule has 0 saturated carbocycles. The van der Waals surface area contributed by atoms with Crippen LogP contribution in [0, 0.1) is 18.3 Å². The van der Waals surface area contributed by atoms with E-state index in [0.29, 0.717) is 5.56 Å². The summed E-state index contributed by atoms with van der Waals surface area (Å²) >= 11 is 0. The van der Waals surface area contributed by atoms with Crippen LogP contribution in [0.5, 0.6) is 0 Å². The van der Waals surface area contributed by atoms with Gasteiger partial charge in [-0.15, -0.1) is 0 Å². The second-order valence-corrected chi connectivity index (χ2v) is 9.88. The van der Waals surface area contributed by atoms with Crippen LogP contribution in [0.15, 0.2) is 55.0 Å². The summed E-state index contributed by atoms with van der Waals surface area (Å²) in [5.74, 6) is 0. The number of benzene rings is 1. The Balaban J connectivity index is 1.27. The zero-order valence-electron chi connectivity index (χ0n) is 22.0. The Bertz CT molecular complexity index is 1440. The first-order chi connectivity index (χ1) is 18.7. The summed E-state index contributed by atoms with van der Waals surface area (Å²) < 4.78 is 0. The van der Waals surface area contributed by atoms with E-state index in [2.05, 4.69) is 50.6 Å². The highest BCUT2D eigenvalue weighted by atomic mass is 15.1. The van der Waals surface area contributed by atoms with Gasteiger partial charge in [0.05, 0.1) is 22.6 Å². The zero-order valence-corrected chi connectivity index (χ0v) is 22.0. The second-order valence-electron chi connectivity index (χ2n) is 9.88. The quantitative estimate of drug-likeness (QED) is 0.241. The van der Waals surface area contributed by atoms with Crippen molar-refractivity contribution in [3.8, 4) is 6.07 Å². The fraction of sp³-hybridized carbons (Fsp3) is 0.323. The smallest absolute Gasteiger partial charge is 0.103 e. The highest BCUT2D eigenvalue weighted by molar-refractivity contribution is 5.90. The molecule has 38 heavy (non-hydrogen) atoms. The number of likely N-dealkylation sites (tertiary alicyclic amines) is 1. The zero-order chi connectivity index (χ0) is 26.2. The average Bonchev–Trinajstić information content (AvgIpc) is 3.28. The minimum absolute atomic E-state index is 0.496. The standard InChI is InChI=1S/C31H35N7/c1-23-28-13-14-35-30(28)12-11-29(23)37-31-24(20-34-21-25(31)19-32)9-10-26-7-6-8-27(36-26)22-33-15-18-38-16-4-2-3-5-17-38/h6-14,20-21,33,35H,2-5,15-18,22H2,1H3,(H,34,37). The number of pyridine rings is 2. The highest BCUT2D eigenvalue weighted by Gasteiger charge is 2.12. The van der Waals surface area contributed by atoms with Crippen molar-refractivity contribution in [1.82, 2.24) is 25.2 Å². The number of aromatic amines is 1. The Kier molecular flexibility index (Phi) is 8.44. The Morgan fingerprint density at radius 2 is 1.92 bits per heavy atom. The molecule has 1 saturated heterocycles. The molecule has 1 aliphatic heterocycles. The van der Waals surface area contributed by atoms with Crippen molar-refractivity contribution < 1.29 is 0 Å². The molecule has 4 aromatic rings. The van der Waals surface area contributed by atoms with Crippen molar-refractivity contribution in [3.63, 3.8) is 0 Å². The first kappa shape index (κ1) is 25.7. The number of aromatic nitrogens is 3. The van der Waals surface area contributed by atoms with E-state index in [1.165, 1.54) is 38.8 Å². The number of hydrogen-bond donors (Lipinski definition) is 3. The van der Waals surface area contributed by atoms with Crippen molar-refractivity contribution in [2.75, 3.05) is 31.5 Å². The van der Waals surface area contributed by atoms with Crippen LogP contribution >= 0.6 is 0 Å². The predicted molar refractivity (Wildman–Crippen MR) is 155 cm³/mol. The number of aryl methyl sites for hydroxylation is 1. The molecule has 1 fully saturated rings. The monoisotopic (exact) mass is 505 g/mol. The van der Waals surface area contributed by atoms with E-state index in [4.69, 9.17) is 4.98 Å². The van der Waals surface area contributed by atoms with Crippen LogP contribution < -0.4 is 10.6 Å². The van der Waals surface area contributed by atoms with Crippen LogP contribution in [0.4, 0.5) is 11.4 Å². The molecule has 0 radical (unpaired) electrons. The van der Waals surface area contributed by atoms with Crippen LogP contribution in [-0.4, -0.2) is 46.0 Å². The van der Waals surface area contributed by atoms with Gasteiger partial charge in [0.15, 0.2) is 0 Å². The highest BCUT2D eigenvalue weighted by Crippen LogP contribution is 2.31. The number of anilines is 2. The van der Waals surface area contributed by atoms with Crippen molar-refractivity contribution in [1.29, 1.82) is 5.26 Å². The van der Waals surface area contributed by atoms with Gasteiger partial charge in [-0.2, -0.15) is 5.26 Å². The number of nitrogens with zero attached hydrogens (tertiary/aromatic N) is 4. The van der Waals surface area contributed by atoms with Crippen molar-refractivity contribution in [2.24, 2.45) is 0 Å². The van der Waals surface area contributed by atoms with Crippen LogP contribution in [0.1, 0.15) is 53.8 Å². The molecule has 194 valence electrons. The van der Waals surface area contributed by atoms with Gasteiger partial charge in [0, 0.05) is 60.4 Å². The maximum absolute atomic E-state index is 9.77. The lowest BCUT2D eigenvalue weighted by Gasteiger charge is -2.19. The van der Waals surface area contributed by atoms with Gasteiger partial charge < -0.3 is 20.5 Å². The fourth-order valence-electron chi connectivity index (χ4n) is 5.06. The van der Waals surface area contributed by atoms with Crippen LogP contribution in [0.3, 0.4) is 0 Å². The van der Waals surface area contributed by atoms with E-state index in [9.17, 15) is 5.26 Å². The molecule has 0 amide bonds. The third-order valence-corrected chi connectivity index (χ3v) is 7.23. The van der Waals surface area contributed by atoms with E-state index in [-0.39, 0.29) is 0 Å². The maximum atomic E-state index is 9.77. The first-order valence-corrected chi connectivity index (χ1v) is 13.5. The Morgan fingerprint density at radius 3 is 2.76 bits per heavy atom. The normalized spacial score (nSPS) is 14.5. The first-order valence-electron chi connectivity index (χ1n) is 13.5. The molecular weight excluding hydrogens is 470 g/mol. The molecule has 7 heteroatoms. The SMILES string of the molecule is Cc1c(Nc2c(C#N)cncc2C=Cc2cccc(CNCCN3CCCCCC3)n2)ccc2[nH]ccc12. The summed E-state index contributed by atoms with van der Waals surface area (Å²) in [6.07, 6.45) is 14.6. The van der Waals surface area contributed by atoms with E-state index in [1.54, 1.807) is 12.4 Å². The molecule has 0 aliphatic carbocycles. The summed E-state index contributed by atoms with van der Waals surface area (Å²) in [6.45, 7) is 7.33. The van der Waals surface area contributed by atoms with Gasteiger partial charge in [-0.3, -0.25) is 9.97 Å². The lowest BCUT2D eigenvalue weighted by Crippen LogP contribution is -2.32. The summed E-state index contributed by atoms with van der Waals surface area (Å²) in [7, 11) is 0. The van der Waals surface area contributed by atoms with Gasteiger partial charge >= 0.3 is 0 Å². The van der Waals surface area contributed by atoms with E-state index in [1.807, 2.05) is 42.6 Å². The van der Waals surface area contributed by atoms with Crippen molar-refractivity contribution in [2.45, 2.75) is 39.2 Å². The molecule has 0 unspecified atom stereocenters. The molecule has 0 atom stereocenters. The van der Waals surface area contributed by atoms with Crippen molar-refractivity contribution >= 4 is 34.4 Å². The maximum Gasteiger partial charge on any atom is 0.103 e. The predicted octanol–water partition coefficient (Wildman–Crippen LogP) is 6.02. The Hall–Kier alpha value is -3.99. The van der Waals surface area contributed by atoms with Gasteiger partial charge in [0.1, 0.15) is 6.07 Å². The fourth-order valence-corrected chi connectivity index (χ4v) is 5.06.